The van der Waals surface area contributed by atoms with Crippen LogP contribution in [0.3, 0.4) is 0 Å². The molecule has 2 saturated heterocycles. The Morgan fingerprint density at radius 1 is 1.00 bits per heavy atom. The third-order valence-electron chi connectivity index (χ3n) is 7.76. The van der Waals surface area contributed by atoms with Crippen molar-refractivity contribution in [3.8, 4) is 0 Å². The van der Waals surface area contributed by atoms with E-state index in [0.717, 1.165) is 46.4 Å². The topological polar surface area (TPSA) is 49.2 Å². The van der Waals surface area contributed by atoms with E-state index in [1.807, 2.05) is 30.6 Å². The first-order valence-electron chi connectivity index (χ1n) is 13.6. The van der Waals surface area contributed by atoms with Crippen molar-refractivity contribution in [3.63, 3.8) is 0 Å². The van der Waals surface area contributed by atoms with Gasteiger partial charge >= 0.3 is 0 Å². The highest BCUT2D eigenvalue weighted by atomic mass is 35.5. The molecule has 4 aromatic rings. The first-order valence-corrected chi connectivity index (χ1v) is 14.4. The number of anilines is 2. The van der Waals surface area contributed by atoms with E-state index >= 15 is 0 Å². The van der Waals surface area contributed by atoms with Crippen LogP contribution in [-0.4, -0.2) is 32.7 Å². The maximum Gasteiger partial charge on any atom is 0.174 e. The predicted octanol–water partition coefficient (Wildman–Crippen LogP) is 6.64. The summed E-state index contributed by atoms with van der Waals surface area (Å²) < 4.78 is 2.27. The van der Waals surface area contributed by atoms with Crippen molar-refractivity contribution in [2.45, 2.75) is 38.9 Å². The standard InChI is InChI=1S/C31H33ClN6S/c1-21-15-22(2)19-37(18-21)27-11-10-24(16-25(27)32)38-30(29(35-31(38)39)26-8-3-4-13-34-26)28-9-6-14-36(28)20-23-7-5-12-33-17-23/h3-14,16-17,21-22,29-30H,15,18-20H2,1-2H3,(H,35,39)/t21-,22+,29-,30+/m1/s1. The molecule has 0 saturated carbocycles. The predicted molar refractivity (Wildman–Crippen MR) is 162 cm³/mol. The minimum absolute atomic E-state index is 0.115. The normalized spacial score (nSPS) is 23.2. The van der Waals surface area contributed by atoms with Gasteiger partial charge in [-0.2, -0.15) is 0 Å². The van der Waals surface area contributed by atoms with Crippen LogP contribution in [0.25, 0.3) is 0 Å². The number of thiocarbonyl (C=S) groups is 1. The maximum absolute atomic E-state index is 6.99. The zero-order chi connectivity index (χ0) is 26.9. The van der Waals surface area contributed by atoms with Crippen LogP contribution < -0.4 is 15.1 Å². The van der Waals surface area contributed by atoms with Gasteiger partial charge in [-0.05, 0) is 84.6 Å². The van der Waals surface area contributed by atoms with Crippen LogP contribution in [0.1, 0.15) is 49.3 Å². The number of aromatic nitrogens is 3. The van der Waals surface area contributed by atoms with Crippen LogP contribution in [0, 0.1) is 11.8 Å². The van der Waals surface area contributed by atoms with E-state index in [4.69, 9.17) is 28.8 Å². The fourth-order valence-corrected chi connectivity index (χ4v) is 6.86. The van der Waals surface area contributed by atoms with Crippen molar-refractivity contribution in [2.75, 3.05) is 22.9 Å². The fourth-order valence-electron chi connectivity index (χ4n) is 6.22. The number of halogens is 1. The Hall–Kier alpha value is -3.42. The van der Waals surface area contributed by atoms with Crippen molar-refractivity contribution < 1.29 is 0 Å². The number of piperidine rings is 1. The summed E-state index contributed by atoms with van der Waals surface area (Å²) in [5.41, 5.74) is 5.29. The number of rotatable bonds is 6. The summed E-state index contributed by atoms with van der Waals surface area (Å²) >= 11 is 13.0. The molecule has 2 aliphatic rings. The second kappa shape index (κ2) is 11.0. The first kappa shape index (κ1) is 25.8. The first-order chi connectivity index (χ1) is 19.0. The Labute approximate surface area is 240 Å². The number of hydrogen-bond acceptors (Lipinski definition) is 4. The van der Waals surface area contributed by atoms with Crippen molar-refractivity contribution >= 4 is 40.3 Å². The molecule has 1 aromatic carbocycles. The lowest BCUT2D eigenvalue weighted by molar-refractivity contribution is 0.357. The van der Waals surface area contributed by atoms with Crippen LogP contribution in [-0.2, 0) is 6.54 Å². The molecular formula is C31H33ClN6S. The molecule has 8 heteroatoms. The fraction of sp³-hybridized carbons (Fsp3) is 0.323. The van der Waals surface area contributed by atoms with Gasteiger partial charge in [0.05, 0.1) is 22.4 Å². The lowest BCUT2D eigenvalue weighted by Gasteiger charge is -2.37. The van der Waals surface area contributed by atoms with Gasteiger partial charge in [0.15, 0.2) is 5.11 Å². The van der Waals surface area contributed by atoms with E-state index in [9.17, 15) is 0 Å². The Balaban J connectivity index is 1.39. The average molecular weight is 557 g/mol. The number of benzene rings is 1. The van der Waals surface area contributed by atoms with Gasteiger partial charge in [-0.15, -0.1) is 0 Å². The van der Waals surface area contributed by atoms with Crippen LogP contribution in [0.15, 0.2) is 85.5 Å². The average Bonchev–Trinajstić information content (AvgIpc) is 3.52. The zero-order valence-corrected chi connectivity index (χ0v) is 23.8. The molecule has 3 aromatic heterocycles. The molecule has 200 valence electrons. The van der Waals surface area contributed by atoms with Crippen LogP contribution >= 0.6 is 23.8 Å². The van der Waals surface area contributed by atoms with E-state index in [0.29, 0.717) is 23.5 Å². The minimum atomic E-state index is -0.122. The molecule has 0 spiro atoms. The quantitative estimate of drug-likeness (QED) is 0.269. The van der Waals surface area contributed by atoms with Gasteiger partial charge in [0.25, 0.3) is 0 Å². The van der Waals surface area contributed by atoms with Gasteiger partial charge in [-0.25, -0.2) is 0 Å². The molecule has 39 heavy (non-hydrogen) atoms. The Bertz CT molecular complexity index is 1430. The summed E-state index contributed by atoms with van der Waals surface area (Å²) in [4.78, 5) is 13.6. The molecular weight excluding hydrogens is 524 g/mol. The smallest absolute Gasteiger partial charge is 0.174 e. The summed E-state index contributed by atoms with van der Waals surface area (Å²) in [6, 6.07) is 20.5. The minimum Gasteiger partial charge on any atom is -0.370 e. The molecule has 0 bridgehead atoms. The van der Waals surface area contributed by atoms with E-state index in [-0.39, 0.29) is 12.1 Å². The highest BCUT2D eigenvalue weighted by Gasteiger charge is 2.42. The van der Waals surface area contributed by atoms with Gasteiger partial charge in [-0.3, -0.25) is 9.97 Å². The maximum atomic E-state index is 6.99. The van der Waals surface area contributed by atoms with Crippen molar-refractivity contribution in [1.29, 1.82) is 0 Å². The lowest BCUT2D eigenvalue weighted by Crippen LogP contribution is -2.38. The van der Waals surface area contributed by atoms with E-state index < -0.39 is 0 Å². The molecule has 2 fully saturated rings. The van der Waals surface area contributed by atoms with Gasteiger partial charge in [-0.1, -0.05) is 37.6 Å². The van der Waals surface area contributed by atoms with Crippen molar-refractivity contribution in [2.24, 2.45) is 11.8 Å². The Morgan fingerprint density at radius 3 is 2.56 bits per heavy atom. The van der Waals surface area contributed by atoms with Crippen LogP contribution in [0.2, 0.25) is 5.02 Å². The SMILES string of the molecule is C[C@@H]1C[C@H](C)CN(c2ccc(N3C(=S)N[C@H](c4ccccn4)[C@@H]3c3cccn3Cc3cccnc3)cc2Cl)C1. The van der Waals surface area contributed by atoms with Crippen molar-refractivity contribution in [1.82, 2.24) is 19.9 Å². The van der Waals surface area contributed by atoms with Gasteiger partial charge in [0.1, 0.15) is 6.04 Å². The second-order valence-corrected chi connectivity index (χ2v) is 11.7. The van der Waals surface area contributed by atoms with Gasteiger partial charge < -0.3 is 19.7 Å². The summed E-state index contributed by atoms with van der Waals surface area (Å²) in [5, 5.41) is 4.99. The number of nitrogens with zero attached hydrogens (tertiary/aromatic N) is 5. The third-order valence-corrected chi connectivity index (χ3v) is 8.38. The highest BCUT2D eigenvalue weighted by Crippen LogP contribution is 2.43. The molecule has 6 rings (SSSR count). The molecule has 0 unspecified atom stereocenters. The summed E-state index contributed by atoms with van der Waals surface area (Å²) in [6.45, 7) is 7.41. The summed E-state index contributed by atoms with van der Waals surface area (Å²) in [6.07, 6.45) is 8.93. The van der Waals surface area contributed by atoms with Gasteiger partial charge in [0.2, 0.25) is 0 Å². The third kappa shape index (κ3) is 5.25. The van der Waals surface area contributed by atoms with E-state index in [1.54, 1.807) is 6.20 Å². The number of pyridine rings is 2. The Kier molecular flexibility index (Phi) is 7.28. The monoisotopic (exact) mass is 556 g/mol. The van der Waals surface area contributed by atoms with E-state index in [2.05, 4.69) is 87.2 Å². The number of hydrogen-bond donors (Lipinski definition) is 1. The highest BCUT2D eigenvalue weighted by molar-refractivity contribution is 7.80. The lowest BCUT2D eigenvalue weighted by atomic mass is 9.91. The molecule has 0 aliphatic carbocycles. The molecule has 2 aliphatic heterocycles. The Morgan fingerprint density at radius 2 is 1.85 bits per heavy atom. The van der Waals surface area contributed by atoms with Crippen LogP contribution in [0.4, 0.5) is 11.4 Å². The molecule has 4 atom stereocenters. The second-order valence-electron chi connectivity index (χ2n) is 10.9. The number of nitrogens with one attached hydrogen (secondary N) is 1. The molecule has 0 amide bonds. The molecule has 5 heterocycles. The summed E-state index contributed by atoms with van der Waals surface area (Å²) in [7, 11) is 0. The van der Waals surface area contributed by atoms with Crippen LogP contribution in [0.5, 0.6) is 0 Å². The van der Waals surface area contributed by atoms with Gasteiger partial charge in [0, 0.05) is 55.8 Å². The molecule has 1 N–H and O–H groups in total. The zero-order valence-electron chi connectivity index (χ0n) is 22.2. The van der Waals surface area contributed by atoms with Crippen molar-refractivity contribution in [3.05, 3.63) is 107 Å². The molecule has 6 nitrogen and oxygen atoms in total. The largest absolute Gasteiger partial charge is 0.370 e. The summed E-state index contributed by atoms with van der Waals surface area (Å²) in [5.74, 6) is 1.30. The van der Waals surface area contributed by atoms with E-state index in [1.165, 1.54) is 6.42 Å². The molecule has 0 radical (unpaired) electrons.